The fourth-order valence-corrected chi connectivity index (χ4v) is 1.97. The second-order valence-corrected chi connectivity index (χ2v) is 4.24. The van der Waals surface area contributed by atoms with E-state index in [-0.39, 0.29) is 0 Å². The maximum Gasteiger partial charge on any atom is 0.0955 e. The van der Waals surface area contributed by atoms with Crippen LogP contribution in [-0.2, 0) is 13.5 Å². The first-order valence-electron chi connectivity index (χ1n) is 5.60. The highest BCUT2D eigenvalue weighted by atomic mass is 15.3. The van der Waals surface area contributed by atoms with Crippen LogP contribution < -0.4 is 0 Å². The van der Waals surface area contributed by atoms with Crippen molar-refractivity contribution in [3.8, 4) is 17.3 Å². The van der Waals surface area contributed by atoms with Crippen LogP contribution in [-0.4, -0.2) is 9.78 Å². The molecule has 0 saturated heterocycles. The third-order valence-corrected chi connectivity index (χ3v) is 3.00. The summed E-state index contributed by atoms with van der Waals surface area (Å²) in [5, 5.41) is 13.3. The number of rotatable bonds is 2. The van der Waals surface area contributed by atoms with Crippen LogP contribution in [0.4, 0.5) is 0 Å². The zero-order valence-electron chi connectivity index (χ0n) is 10.4. The Morgan fingerprint density at radius 3 is 2.47 bits per heavy atom. The van der Waals surface area contributed by atoms with E-state index in [9.17, 15) is 0 Å². The summed E-state index contributed by atoms with van der Waals surface area (Å²) in [7, 11) is 1.89. The van der Waals surface area contributed by atoms with Gasteiger partial charge in [0.2, 0.25) is 0 Å². The molecular weight excluding hydrogens is 210 g/mol. The highest BCUT2D eigenvalue weighted by Gasteiger charge is 2.13. The Morgan fingerprint density at radius 1 is 1.24 bits per heavy atom. The van der Waals surface area contributed by atoms with Gasteiger partial charge in [-0.1, -0.05) is 29.8 Å². The molecule has 0 amide bonds. The average Bonchev–Trinajstić information content (AvgIpc) is 2.59. The van der Waals surface area contributed by atoms with E-state index in [4.69, 9.17) is 5.26 Å². The molecule has 0 bridgehead atoms. The molecule has 1 aromatic carbocycles. The van der Waals surface area contributed by atoms with Crippen molar-refractivity contribution in [3.63, 3.8) is 0 Å². The van der Waals surface area contributed by atoms with E-state index in [1.54, 1.807) is 4.68 Å². The first-order valence-corrected chi connectivity index (χ1v) is 5.60. The van der Waals surface area contributed by atoms with Crippen LogP contribution in [0.15, 0.2) is 24.3 Å². The molecule has 3 nitrogen and oxygen atoms in total. The number of hydrogen-bond acceptors (Lipinski definition) is 2. The SMILES string of the molecule is Cc1ccc(-c2nn(C)c(CC#N)c2C)cc1. The van der Waals surface area contributed by atoms with Gasteiger partial charge in [-0.2, -0.15) is 10.4 Å². The van der Waals surface area contributed by atoms with E-state index < -0.39 is 0 Å². The highest BCUT2D eigenvalue weighted by Crippen LogP contribution is 2.24. The standard InChI is InChI=1S/C14H15N3/c1-10-4-6-12(7-5-10)14-11(2)13(8-9-15)17(3)16-14/h4-7H,8H2,1-3H3. The Hall–Kier alpha value is -2.08. The largest absolute Gasteiger partial charge is 0.271 e. The smallest absolute Gasteiger partial charge is 0.0955 e. The lowest BCUT2D eigenvalue weighted by atomic mass is 10.0. The highest BCUT2D eigenvalue weighted by molar-refractivity contribution is 5.64. The zero-order chi connectivity index (χ0) is 12.4. The van der Waals surface area contributed by atoms with Gasteiger partial charge in [0, 0.05) is 12.6 Å². The van der Waals surface area contributed by atoms with E-state index in [1.165, 1.54) is 5.56 Å². The Labute approximate surface area is 101 Å². The van der Waals surface area contributed by atoms with E-state index in [1.807, 2.05) is 14.0 Å². The molecule has 0 spiro atoms. The van der Waals surface area contributed by atoms with Crippen LogP contribution in [0.3, 0.4) is 0 Å². The predicted octanol–water partition coefficient (Wildman–Crippen LogP) is 2.77. The van der Waals surface area contributed by atoms with Crippen molar-refractivity contribution in [1.29, 1.82) is 5.26 Å². The third kappa shape index (κ3) is 2.07. The van der Waals surface area contributed by atoms with Gasteiger partial charge < -0.3 is 0 Å². The molecule has 0 fully saturated rings. The van der Waals surface area contributed by atoms with E-state index in [2.05, 4.69) is 42.4 Å². The summed E-state index contributed by atoms with van der Waals surface area (Å²) in [6.45, 7) is 4.09. The molecule has 2 rings (SSSR count). The monoisotopic (exact) mass is 225 g/mol. The summed E-state index contributed by atoms with van der Waals surface area (Å²) in [5.74, 6) is 0. The Kier molecular flexibility index (Phi) is 2.97. The summed E-state index contributed by atoms with van der Waals surface area (Å²) in [4.78, 5) is 0. The molecule has 0 saturated carbocycles. The maximum absolute atomic E-state index is 8.79. The third-order valence-electron chi connectivity index (χ3n) is 3.00. The lowest BCUT2D eigenvalue weighted by molar-refractivity contribution is 0.730. The quantitative estimate of drug-likeness (QED) is 0.788. The van der Waals surface area contributed by atoms with Crippen molar-refractivity contribution in [1.82, 2.24) is 9.78 Å². The van der Waals surface area contributed by atoms with Crippen LogP contribution in [0.2, 0.25) is 0 Å². The van der Waals surface area contributed by atoms with Gasteiger partial charge in [0.05, 0.1) is 23.9 Å². The molecular formula is C14H15N3. The number of benzene rings is 1. The minimum absolute atomic E-state index is 0.404. The minimum Gasteiger partial charge on any atom is -0.271 e. The second-order valence-electron chi connectivity index (χ2n) is 4.24. The molecule has 0 N–H and O–H groups in total. The molecule has 86 valence electrons. The fraction of sp³-hybridized carbons (Fsp3) is 0.286. The molecule has 17 heavy (non-hydrogen) atoms. The van der Waals surface area contributed by atoms with E-state index in [0.717, 1.165) is 22.5 Å². The van der Waals surface area contributed by atoms with Crippen molar-refractivity contribution in [2.24, 2.45) is 7.05 Å². The van der Waals surface area contributed by atoms with Crippen LogP contribution >= 0.6 is 0 Å². The van der Waals surface area contributed by atoms with Gasteiger partial charge in [0.25, 0.3) is 0 Å². The Morgan fingerprint density at radius 2 is 1.88 bits per heavy atom. The molecule has 0 radical (unpaired) electrons. The van der Waals surface area contributed by atoms with Crippen molar-refractivity contribution in [2.45, 2.75) is 20.3 Å². The van der Waals surface area contributed by atoms with Gasteiger partial charge in [-0.15, -0.1) is 0 Å². The molecule has 0 aliphatic carbocycles. The summed E-state index contributed by atoms with van der Waals surface area (Å²) < 4.78 is 1.80. The minimum atomic E-state index is 0.404. The van der Waals surface area contributed by atoms with Gasteiger partial charge in [-0.05, 0) is 19.4 Å². The fourth-order valence-electron chi connectivity index (χ4n) is 1.97. The van der Waals surface area contributed by atoms with Crippen LogP contribution in [0.25, 0.3) is 11.3 Å². The van der Waals surface area contributed by atoms with Crippen molar-refractivity contribution < 1.29 is 0 Å². The number of nitriles is 1. The Bertz CT molecular complexity index is 571. The number of nitrogens with zero attached hydrogens (tertiary/aromatic N) is 3. The lowest BCUT2D eigenvalue weighted by Gasteiger charge is -1.99. The second kappa shape index (κ2) is 4.42. The predicted molar refractivity (Wildman–Crippen MR) is 67.4 cm³/mol. The average molecular weight is 225 g/mol. The molecule has 0 unspecified atom stereocenters. The van der Waals surface area contributed by atoms with Crippen LogP contribution in [0.1, 0.15) is 16.8 Å². The zero-order valence-corrected chi connectivity index (χ0v) is 10.4. The number of aryl methyl sites for hydroxylation is 2. The molecule has 1 aromatic heterocycles. The number of hydrogen-bond donors (Lipinski definition) is 0. The molecule has 0 aliphatic heterocycles. The normalized spacial score (nSPS) is 10.2. The van der Waals surface area contributed by atoms with Crippen molar-refractivity contribution >= 4 is 0 Å². The first kappa shape index (κ1) is 11.4. The van der Waals surface area contributed by atoms with Gasteiger partial charge in [0.1, 0.15) is 0 Å². The topological polar surface area (TPSA) is 41.6 Å². The van der Waals surface area contributed by atoms with Gasteiger partial charge in [-0.25, -0.2) is 0 Å². The molecule has 1 heterocycles. The molecule has 3 heteroatoms. The summed E-state index contributed by atoms with van der Waals surface area (Å²) in [5.41, 5.74) is 5.39. The van der Waals surface area contributed by atoms with E-state index >= 15 is 0 Å². The molecule has 0 aliphatic rings. The lowest BCUT2D eigenvalue weighted by Crippen LogP contribution is -1.97. The summed E-state index contributed by atoms with van der Waals surface area (Å²) in [6.07, 6.45) is 0.404. The summed E-state index contributed by atoms with van der Waals surface area (Å²) in [6, 6.07) is 10.5. The van der Waals surface area contributed by atoms with Gasteiger partial charge in [0.15, 0.2) is 0 Å². The van der Waals surface area contributed by atoms with E-state index in [0.29, 0.717) is 6.42 Å². The molecule has 2 aromatic rings. The maximum atomic E-state index is 8.79. The first-order chi connectivity index (χ1) is 8.13. The summed E-state index contributed by atoms with van der Waals surface area (Å²) >= 11 is 0. The van der Waals surface area contributed by atoms with Crippen molar-refractivity contribution in [3.05, 3.63) is 41.1 Å². The Balaban J connectivity index is 2.50. The van der Waals surface area contributed by atoms with Gasteiger partial charge >= 0.3 is 0 Å². The molecule has 0 atom stereocenters. The van der Waals surface area contributed by atoms with Crippen LogP contribution in [0, 0.1) is 25.2 Å². The van der Waals surface area contributed by atoms with Crippen LogP contribution in [0.5, 0.6) is 0 Å². The number of aromatic nitrogens is 2. The van der Waals surface area contributed by atoms with Crippen molar-refractivity contribution in [2.75, 3.05) is 0 Å². The van der Waals surface area contributed by atoms with Gasteiger partial charge in [-0.3, -0.25) is 4.68 Å².